The Morgan fingerprint density at radius 2 is 1.85 bits per heavy atom. The van der Waals surface area contributed by atoms with Crippen molar-refractivity contribution in [3.8, 4) is 0 Å². The van der Waals surface area contributed by atoms with Crippen LogP contribution in [0, 0.1) is 12.8 Å². The summed E-state index contributed by atoms with van der Waals surface area (Å²) in [4.78, 5) is 38.4. The first-order valence-corrected chi connectivity index (χ1v) is 8.76. The second-order valence-corrected chi connectivity index (χ2v) is 6.77. The van der Waals surface area contributed by atoms with Gasteiger partial charge in [0, 0.05) is 24.2 Å². The Kier molecular flexibility index (Phi) is 5.38. The smallest absolute Gasteiger partial charge is 0.227 e. The van der Waals surface area contributed by atoms with Crippen LogP contribution in [-0.2, 0) is 9.59 Å². The third-order valence-electron chi connectivity index (χ3n) is 4.44. The average Bonchev–Trinajstić information content (AvgIpc) is 3.02. The summed E-state index contributed by atoms with van der Waals surface area (Å²) in [6.45, 7) is 2.15. The summed E-state index contributed by atoms with van der Waals surface area (Å²) >= 11 is 5.99. The van der Waals surface area contributed by atoms with Crippen LogP contribution in [0.2, 0.25) is 5.02 Å². The number of halogens is 1. The monoisotopic (exact) mass is 370 g/mol. The number of carbonyl (C=O) groups excluding carboxylic acids is 3. The standard InChI is InChI=1S/C20H19ClN2O3/c1-13-6-8-15(9-7-13)23-12-14(10-19(23)25)20(26)22-11-18(24)16-4-2-3-5-17(16)21/h2-9,14H,10-12H2,1H3,(H,22,26)/t14-/m1/s1. The number of anilines is 1. The van der Waals surface area contributed by atoms with E-state index in [-0.39, 0.29) is 30.6 Å². The molecule has 1 saturated heterocycles. The van der Waals surface area contributed by atoms with E-state index in [4.69, 9.17) is 11.6 Å². The molecule has 2 aromatic carbocycles. The molecule has 1 aliphatic rings. The van der Waals surface area contributed by atoms with Crippen molar-refractivity contribution in [1.29, 1.82) is 0 Å². The predicted octanol–water partition coefficient (Wildman–Crippen LogP) is 3.00. The van der Waals surface area contributed by atoms with Gasteiger partial charge in [-0.05, 0) is 31.2 Å². The Balaban J connectivity index is 1.59. The zero-order valence-corrected chi connectivity index (χ0v) is 15.1. The number of Topliss-reactive ketones (excluding diaryl/α,β-unsaturated/α-hetero) is 1. The molecule has 0 radical (unpaired) electrons. The number of hydrogen-bond donors (Lipinski definition) is 1. The lowest BCUT2D eigenvalue weighted by atomic mass is 10.1. The number of rotatable bonds is 5. The van der Waals surface area contributed by atoms with E-state index in [0.29, 0.717) is 17.1 Å². The fourth-order valence-electron chi connectivity index (χ4n) is 2.95. The number of nitrogens with one attached hydrogen (secondary N) is 1. The topological polar surface area (TPSA) is 66.5 Å². The number of amides is 2. The third-order valence-corrected chi connectivity index (χ3v) is 4.77. The van der Waals surface area contributed by atoms with Crippen LogP contribution < -0.4 is 10.2 Å². The molecule has 2 aromatic rings. The van der Waals surface area contributed by atoms with Gasteiger partial charge < -0.3 is 10.2 Å². The van der Waals surface area contributed by atoms with Crippen molar-refractivity contribution in [1.82, 2.24) is 5.32 Å². The van der Waals surface area contributed by atoms with Gasteiger partial charge in [-0.1, -0.05) is 41.4 Å². The highest BCUT2D eigenvalue weighted by Gasteiger charge is 2.35. The summed E-state index contributed by atoms with van der Waals surface area (Å²) in [6, 6.07) is 14.3. The van der Waals surface area contributed by atoms with Gasteiger partial charge in [-0.25, -0.2) is 0 Å². The molecule has 0 saturated carbocycles. The molecule has 3 rings (SSSR count). The van der Waals surface area contributed by atoms with Crippen LogP contribution in [0.1, 0.15) is 22.3 Å². The van der Waals surface area contributed by atoms with Gasteiger partial charge in [0.1, 0.15) is 0 Å². The first-order valence-electron chi connectivity index (χ1n) is 8.38. The Bertz CT molecular complexity index is 848. The van der Waals surface area contributed by atoms with E-state index in [1.54, 1.807) is 29.2 Å². The number of carbonyl (C=O) groups is 3. The average molecular weight is 371 g/mol. The second kappa shape index (κ2) is 7.70. The minimum atomic E-state index is -0.470. The van der Waals surface area contributed by atoms with Crippen LogP contribution >= 0.6 is 11.6 Å². The van der Waals surface area contributed by atoms with Gasteiger partial charge in [0.2, 0.25) is 11.8 Å². The van der Waals surface area contributed by atoms with Crippen LogP contribution in [0.5, 0.6) is 0 Å². The van der Waals surface area contributed by atoms with Gasteiger partial charge in [0.15, 0.2) is 5.78 Å². The fraction of sp³-hybridized carbons (Fsp3) is 0.250. The number of aryl methyl sites for hydroxylation is 1. The maximum absolute atomic E-state index is 12.4. The lowest BCUT2D eigenvalue weighted by molar-refractivity contribution is -0.126. The molecule has 5 nitrogen and oxygen atoms in total. The Labute approximate surface area is 156 Å². The van der Waals surface area contributed by atoms with Crippen molar-refractivity contribution in [3.63, 3.8) is 0 Å². The summed E-state index contributed by atoms with van der Waals surface area (Å²) in [6.07, 6.45) is 0.139. The molecule has 0 bridgehead atoms. The third kappa shape index (κ3) is 3.94. The molecule has 0 aromatic heterocycles. The summed E-state index contributed by atoms with van der Waals surface area (Å²) in [7, 11) is 0. The summed E-state index contributed by atoms with van der Waals surface area (Å²) in [5.74, 6) is -1.12. The molecule has 0 unspecified atom stereocenters. The Morgan fingerprint density at radius 3 is 2.54 bits per heavy atom. The van der Waals surface area contributed by atoms with Crippen molar-refractivity contribution in [2.24, 2.45) is 5.92 Å². The van der Waals surface area contributed by atoms with Crippen LogP contribution in [0.4, 0.5) is 5.69 Å². The summed E-state index contributed by atoms with van der Waals surface area (Å²) in [5.41, 5.74) is 2.26. The van der Waals surface area contributed by atoms with Crippen LogP contribution in [-0.4, -0.2) is 30.7 Å². The van der Waals surface area contributed by atoms with E-state index < -0.39 is 5.92 Å². The molecular formula is C20H19ClN2O3. The highest BCUT2D eigenvalue weighted by atomic mass is 35.5. The first kappa shape index (κ1) is 18.1. The van der Waals surface area contributed by atoms with E-state index in [1.165, 1.54) is 0 Å². The molecule has 1 N–H and O–H groups in total. The van der Waals surface area contributed by atoms with Crippen molar-refractivity contribution >= 4 is 34.9 Å². The lowest BCUT2D eigenvalue weighted by Crippen LogP contribution is -2.36. The Morgan fingerprint density at radius 1 is 1.15 bits per heavy atom. The minimum absolute atomic E-state index is 0.0913. The highest BCUT2D eigenvalue weighted by Crippen LogP contribution is 2.25. The number of hydrogen-bond acceptors (Lipinski definition) is 3. The van der Waals surface area contributed by atoms with E-state index in [0.717, 1.165) is 11.3 Å². The van der Waals surface area contributed by atoms with Crippen LogP contribution in [0.3, 0.4) is 0 Å². The molecule has 0 spiro atoms. The maximum atomic E-state index is 12.4. The SMILES string of the molecule is Cc1ccc(N2C[C@H](C(=O)NCC(=O)c3ccccc3Cl)CC2=O)cc1. The van der Waals surface area contributed by atoms with Crippen molar-refractivity contribution < 1.29 is 14.4 Å². The van der Waals surface area contributed by atoms with Gasteiger partial charge in [0.25, 0.3) is 0 Å². The molecule has 6 heteroatoms. The summed E-state index contributed by atoms with van der Waals surface area (Å²) in [5, 5.41) is 2.98. The fourth-order valence-corrected chi connectivity index (χ4v) is 3.19. The Hall–Kier alpha value is -2.66. The normalized spacial score (nSPS) is 16.6. The molecule has 26 heavy (non-hydrogen) atoms. The molecule has 1 heterocycles. The zero-order chi connectivity index (χ0) is 18.7. The maximum Gasteiger partial charge on any atom is 0.227 e. The van der Waals surface area contributed by atoms with Crippen molar-refractivity contribution in [2.75, 3.05) is 18.0 Å². The summed E-state index contributed by atoms with van der Waals surface area (Å²) < 4.78 is 0. The second-order valence-electron chi connectivity index (χ2n) is 6.36. The van der Waals surface area contributed by atoms with Gasteiger partial charge >= 0.3 is 0 Å². The van der Waals surface area contributed by atoms with Gasteiger partial charge in [0.05, 0.1) is 17.5 Å². The highest BCUT2D eigenvalue weighted by molar-refractivity contribution is 6.34. The predicted molar refractivity (Wildman–Crippen MR) is 100 cm³/mol. The molecule has 1 aliphatic heterocycles. The van der Waals surface area contributed by atoms with Crippen LogP contribution in [0.25, 0.3) is 0 Å². The van der Waals surface area contributed by atoms with Gasteiger partial charge in [-0.2, -0.15) is 0 Å². The largest absolute Gasteiger partial charge is 0.348 e. The molecular weight excluding hydrogens is 352 g/mol. The van der Waals surface area contributed by atoms with Gasteiger partial charge in [-0.15, -0.1) is 0 Å². The first-order chi connectivity index (χ1) is 12.5. The zero-order valence-electron chi connectivity index (χ0n) is 14.4. The molecule has 134 valence electrons. The molecule has 0 aliphatic carbocycles. The minimum Gasteiger partial charge on any atom is -0.348 e. The van der Waals surface area contributed by atoms with E-state index in [1.807, 2.05) is 31.2 Å². The number of ketones is 1. The van der Waals surface area contributed by atoms with E-state index in [9.17, 15) is 14.4 Å². The quantitative estimate of drug-likeness (QED) is 0.823. The lowest BCUT2D eigenvalue weighted by Gasteiger charge is -2.17. The molecule has 1 atom stereocenters. The molecule has 2 amide bonds. The van der Waals surface area contributed by atoms with E-state index in [2.05, 4.69) is 5.32 Å². The number of nitrogens with zero attached hydrogens (tertiary/aromatic N) is 1. The van der Waals surface area contributed by atoms with E-state index >= 15 is 0 Å². The van der Waals surface area contributed by atoms with Crippen LogP contribution in [0.15, 0.2) is 48.5 Å². The van der Waals surface area contributed by atoms with Crippen molar-refractivity contribution in [3.05, 3.63) is 64.7 Å². The van der Waals surface area contributed by atoms with Crippen molar-refractivity contribution in [2.45, 2.75) is 13.3 Å². The number of benzene rings is 2. The molecule has 1 fully saturated rings. The van der Waals surface area contributed by atoms with Gasteiger partial charge in [-0.3, -0.25) is 14.4 Å².